The first-order valence-corrected chi connectivity index (χ1v) is 13.2. The van der Waals surface area contributed by atoms with Gasteiger partial charge < -0.3 is 19.8 Å². The third kappa shape index (κ3) is 5.28. The van der Waals surface area contributed by atoms with Gasteiger partial charge in [0.15, 0.2) is 0 Å². The van der Waals surface area contributed by atoms with Crippen molar-refractivity contribution in [3.8, 4) is 17.1 Å². The number of hydrogen-bond acceptors (Lipinski definition) is 6. The number of fused-ring (bicyclic) bond motifs is 1. The minimum absolute atomic E-state index is 0.131. The highest BCUT2D eigenvalue weighted by atomic mass is 35.5. The average molecular weight is 522 g/mol. The zero-order chi connectivity index (χ0) is 25.1. The van der Waals surface area contributed by atoms with E-state index in [1.165, 1.54) is 12.1 Å². The second kappa shape index (κ2) is 10.8. The third-order valence-corrected chi connectivity index (χ3v) is 6.89. The van der Waals surface area contributed by atoms with Gasteiger partial charge in [-0.15, -0.1) is 0 Å². The molecule has 1 atom stereocenters. The van der Waals surface area contributed by atoms with E-state index in [1.807, 2.05) is 54.9 Å². The standard InChI is InChI=1S/C28H25ClFN3O2S/c1-36-16-24(31)28-10-9-26(35-28)19-5-7-25-20(12-19)14-32-17-33(25)22-6-8-27(23(29)13-22)34-15-18-3-2-4-21(30)11-18/h2-14,24H,15-17,31H2,1H3/t24-/m0/s1. The van der Waals surface area contributed by atoms with Crippen molar-refractivity contribution in [2.75, 3.05) is 23.6 Å². The molecule has 3 aromatic carbocycles. The molecule has 8 heteroatoms. The van der Waals surface area contributed by atoms with E-state index in [2.05, 4.69) is 22.0 Å². The number of ether oxygens (including phenoxy) is 1. The van der Waals surface area contributed by atoms with Crippen molar-refractivity contribution >= 4 is 41.0 Å². The molecular weight excluding hydrogens is 497 g/mol. The Labute approximate surface area is 218 Å². The molecule has 36 heavy (non-hydrogen) atoms. The van der Waals surface area contributed by atoms with Crippen LogP contribution < -0.4 is 15.4 Å². The predicted molar refractivity (Wildman–Crippen MR) is 146 cm³/mol. The lowest BCUT2D eigenvalue weighted by Gasteiger charge is -2.28. The van der Waals surface area contributed by atoms with E-state index >= 15 is 0 Å². The summed E-state index contributed by atoms with van der Waals surface area (Å²) in [5.41, 5.74) is 10.8. The highest BCUT2D eigenvalue weighted by Crippen LogP contribution is 2.37. The quantitative estimate of drug-likeness (QED) is 0.265. The van der Waals surface area contributed by atoms with Gasteiger partial charge in [-0.25, -0.2) is 4.39 Å². The van der Waals surface area contributed by atoms with Gasteiger partial charge in [-0.2, -0.15) is 11.8 Å². The SMILES string of the molecule is CSC[C@H](N)c1ccc(-c2ccc3c(c2)C=NCN3c2ccc(OCc3cccc(F)c3)c(Cl)c2)o1. The zero-order valence-electron chi connectivity index (χ0n) is 19.7. The van der Waals surface area contributed by atoms with Gasteiger partial charge in [0.05, 0.1) is 16.8 Å². The summed E-state index contributed by atoms with van der Waals surface area (Å²) in [4.78, 5) is 6.63. The van der Waals surface area contributed by atoms with Crippen LogP contribution in [0.4, 0.5) is 15.8 Å². The van der Waals surface area contributed by atoms with Crippen LogP contribution in [0.1, 0.15) is 22.9 Å². The number of hydrogen-bond donors (Lipinski definition) is 1. The Morgan fingerprint density at radius 2 is 2.03 bits per heavy atom. The molecule has 0 bridgehead atoms. The summed E-state index contributed by atoms with van der Waals surface area (Å²) in [7, 11) is 0. The monoisotopic (exact) mass is 521 g/mol. The molecule has 0 radical (unpaired) electrons. The number of aliphatic imine (C=N–C) groups is 1. The van der Waals surface area contributed by atoms with E-state index in [-0.39, 0.29) is 18.5 Å². The third-order valence-electron chi connectivity index (χ3n) is 5.91. The number of halogens is 2. The summed E-state index contributed by atoms with van der Waals surface area (Å²) < 4.78 is 25.3. The summed E-state index contributed by atoms with van der Waals surface area (Å²) in [6.07, 6.45) is 3.90. The number of anilines is 2. The van der Waals surface area contributed by atoms with Crippen LogP contribution in [0.2, 0.25) is 5.02 Å². The number of nitrogens with zero attached hydrogens (tertiary/aromatic N) is 2. The van der Waals surface area contributed by atoms with Crippen molar-refractivity contribution in [3.63, 3.8) is 0 Å². The van der Waals surface area contributed by atoms with Gasteiger partial charge in [0.1, 0.15) is 36.4 Å². The second-order valence-corrected chi connectivity index (χ2v) is 9.77. The first kappa shape index (κ1) is 24.4. The Morgan fingerprint density at radius 3 is 2.83 bits per heavy atom. The topological polar surface area (TPSA) is 64.0 Å². The van der Waals surface area contributed by atoms with E-state index in [4.69, 9.17) is 26.5 Å². The lowest BCUT2D eigenvalue weighted by atomic mass is 10.1. The minimum Gasteiger partial charge on any atom is -0.487 e. The Hall–Kier alpha value is -3.26. The first-order chi connectivity index (χ1) is 17.5. The molecule has 0 aliphatic carbocycles. The van der Waals surface area contributed by atoms with Crippen LogP contribution in [0.15, 0.2) is 82.2 Å². The maximum absolute atomic E-state index is 13.4. The van der Waals surface area contributed by atoms with Crippen molar-refractivity contribution in [2.24, 2.45) is 10.7 Å². The molecule has 184 valence electrons. The summed E-state index contributed by atoms with van der Waals surface area (Å²) in [5.74, 6) is 2.60. The van der Waals surface area contributed by atoms with E-state index in [0.717, 1.165) is 45.3 Å². The van der Waals surface area contributed by atoms with E-state index in [1.54, 1.807) is 17.8 Å². The van der Waals surface area contributed by atoms with Gasteiger partial charge in [0.2, 0.25) is 0 Å². The van der Waals surface area contributed by atoms with Crippen molar-refractivity contribution in [1.82, 2.24) is 0 Å². The normalized spacial score (nSPS) is 13.5. The number of rotatable bonds is 8. The van der Waals surface area contributed by atoms with Crippen LogP contribution in [-0.4, -0.2) is 24.9 Å². The van der Waals surface area contributed by atoms with Crippen molar-refractivity contribution < 1.29 is 13.5 Å². The largest absolute Gasteiger partial charge is 0.487 e. The Kier molecular flexibility index (Phi) is 7.32. The van der Waals surface area contributed by atoms with E-state index in [9.17, 15) is 4.39 Å². The molecule has 5 rings (SSSR count). The van der Waals surface area contributed by atoms with Crippen molar-refractivity contribution in [2.45, 2.75) is 12.6 Å². The number of thioether (sulfide) groups is 1. The molecule has 2 heterocycles. The molecule has 1 aromatic heterocycles. The van der Waals surface area contributed by atoms with Gasteiger partial charge in [-0.05, 0) is 72.5 Å². The van der Waals surface area contributed by atoms with Gasteiger partial charge in [0, 0.05) is 28.8 Å². The van der Waals surface area contributed by atoms with Gasteiger partial charge in [0.25, 0.3) is 0 Å². The molecule has 1 aliphatic rings. The molecule has 0 fully saturated rings. The summed E-state index contributed by atoms with van der Waals surface area (Å²) in [6.45, 7) is 0.702. The summed E-state index contributed by atoms with van der Waals surface area (Å²) >= 11 is 8.23. The van der Waals surface area contributed by atoms with Gasteiger partial charge >= 0.3 is 0 Å². The number of nitrogens with two attached hydrogens (primary N) is 1. The highest BCUT2D eigenvalue weighted by Gasteiger charge is 2.19. The zero-order valence-corrected chi connectivity index (χ0v) is 21.2. The first-order valence-electron chi connectivity index (χ1n) is 11.4. The fourth-order valence-corrected chi connectivity index (χ4v) is 4.86. The van der Waals surface area contributed by atoms with Crippen LogP contribution in [0.3, 0.4) is 0 Å². The minimum atomic E-state index is -0.295. The molecule has 0 unspecified atom stereocenters. The number of furan rings is 1. The molecule has 1 aliphatic heterocycles. The molecule has 0 saturated heterocycles. The fourth-order valence-electron chi connectivity index (χ4n) is 4.11. The van der Waals surface area contributed by atoms with Crippen LogP contribution in [-0.2, 0) is 6.61 Å². The lowest BCUT2D eigenvalue weighted by Crippen LogP contribution is -2.21. The van der Waals surface area contributed by atoms with Crippen LogP contribution in [0, 0.1) is 5.82 Å². The van der Waals surface area contributed by atoms with Gasteiger partial charge in [-0.1, -0.05) is 23.7 Å². The van der Waals surface area contributed by atoms with Crippen LogP contribution in [0.25, 0.3) is 11.3 Å². The Bertz CT molecular complexity index is 1410. The second-order valence-electron chi connectivity index (χ2n) is 8.45. The lowest BCUT2D eigenvalue weighted by molar-refractivity contribution is 0.306. The average Bonchev–Trinajstić information content (AvgIpc) is 3.38. The highest BCUT2D eigenvalue weighted by molar-refractivity contribution is 7.98. The molecule has 2 N–H and O–H groups in total. The fraction of sp³-hybridized carbons (Fsp3) is 0.179. The molecule has 0 spiro atoms. The van der Waals surface area contributed by atoms with E-state index < -0.39 is 0 Å². The van der Waals surface area contributed by atoms with Gasteiger partial charge in [-0.3, -0.25) is 4.99 Å². The molecule has 4 aromatic rings. The smallest absolute Gasteiger partial charge is 0.138 e. The number of benzene rings is 3. The maximum atomic E-state index is 13.4. The molecule has 0 amide bonds. The Morgan fingerprint density at radius 1 is 1.14 bits per heavy atom. The van der Waals surface area contributed by atoms with Crippen LogP contribution in [0.5, 0.6) is 5.75 Å². The summed E-state index contributed by atoms with van der Waals surface area (Å²) in [6, 6.07) is 21.9. The maximum Gasteiger partial charge on any atom is 0.138 e. The van der Waals surface area contributed by atoms with Crippen LogP contribution >= 0.6 is 23.4 Å². The van der Waals surface area contributed by atoms with Crippen molar-refractivity contribution in [3.05, 3.63) is 101 Å². The molecule has 0 saturated carbocycles. The molecule has 5 nitrogen and oxygen atoms in total. The summed E-state index contributed by atoms with van der Waals surface area (Å²) in [5, 5.41) is 0.473. The Balaban J connectivity index is 1.34. The van der Waals surface area contributed by atoms with Crippen molar-refractivity contribution in [1.29, 1.82) is 0 Å². The van der Waals surface area contributed by atoms with E-state index in [0.29, 0.717) is 17.4 Å². The predicted octanol–water partition coefficient (Wildman–Crippen LogP) is 7.21. The molecular formula is C28H25ClFN3O2S.